The molecule has 29 heavy (non-hydrogen) atoms. The summed E-state index contributed by atoms with van der Waals surface area (Å²) < 4.78 is 18.3. The van der Waals surface area contributed by atoms with Gasteiger partial charge in [0.15, 0.2) is 5.17 Å². The highest BCUT2D eigenvalue weighted by atomic mass is 32.2. The normalized spacial score (nSPS) is 17.8. The molecule has 0 radical (unpaired) electrons. The number of benzene rings is 2. The summed E-state index contributed by atoms with van der Waals surface area (Å²) in [5, 5.41) is 0.497. The van der Waals surface area contributed by atoms with Crippen LogP contribution in [0.25, 0.3) is 6.08 Å². The number of rotatable bonds is 5. The molecule has 2 amide bonds. The van der Waals surface area contributed by atoms with Gasteiger partial charge < -0.3 is 9.64 Å². The standard InChI is InChI=1S/C21H18FN3O3S/c22-16-6-8-17(9-7-16)25-19(26)18(14-15-4-2-1-3-5-15)23-20(25)29-13-11-24-10-12-28-21(24)27/h1-9,14H,10-13H2/b18-14+. The summed E-state index contributed by atoms with van der Waals surface area (Å²) in [5.41, 5.74) is 1.72. The molecule has 8 heteroatoms. The molecule has 1 saturated heterocycles. The average molecular weight is 411 g/mol. The first-order valence-corrected chi connectivity index (χ1v) is 10.1. The van der Waals surface area contributed by atoms with Gasteiger partial charge in [-0.3, -0.25) is 9.69 Å². The number of anilines is 1. The lowest BCUT2D eigenvalue weighted by molar-refractivity contribution is -0.113. The summed E-state index contributed by atoms with van der Waals surface area (Å²) in [6, 6.07) is 15.2. The molecule has 0 N–H and O–H groups in total. The number of nitrogens with zero attached hydrogens (tertiary/aromatic N) is 3. The second-order valence-corrected chi connectivity index (χ2v) is 7.46. The number of carbonyl (C=O) groups excluding carboxylic acids is 2. The first kappa shape index (κ1) is 19.2. The average Bonchev–Trinajstić information content (AvgIpc) is 3.27. The number of thioether (sulfide) groups is 1. The minimum Gasteiger partial charge on any atom is -0.448 e. The Morgan fingerprint density at radius 1 is 1.10 bits per heavy atom. The van der Waals surface area contributed by atoms with Crippen LogP contribution in [0.1, 0.15) is 5.56 Å². The van der Waals surface area contributed by atoms with Crippen LogP contribution >= 0.6 is 11.8 Å². The SMILES string of the molecule is O=C1OCCN1CCSC1=N/C(=C/c2ccccc2)C(=O)N1c1ccc(F)cc1. The second kappa shape index (κ2) is 8.48. The highest BCUT2D eigenvalue weighted by molar-refractivity contribution is 8.14. The van der Waals surface area contributed by atoms with E-state index in [1.54, 1.807) is 23.1 Å². The number of cyclic esters (lactones) is 1. The van der Waals surface area contributed by atoms with Crippen LogP contribution in [0.4, 0.5) is 14.9 Å². The zero-order valence-corrected chi connectivity index (χ0v) is 16.3. The van der Waals surface area contributed by atoms with Crippen molar-refractivity contribution in [3.63, 3.8) is 0 Å². The Bertz CT molecular complexity index is 976. The number of halogens is 1. The summed E-state index contributed by atoms with van der Waals surface area (Å²) in [5.74, 6) is -0.0972. The van der Waals surface area contributed by atoms with Gasteiger partial charge in [-0.2, -0.15) is 0 Å². The van der Waals surface area contributed by atoms with Crippen LogP contribution in [0.2, 0.25) is 0 Å². The molecule has 0 spiro atoms. The van der Waals surface area contributed by atoms with E-state index in [1.807, 2.05) is 30.3 Å². The molecule has 0 aromatic heterocycles. The third-order valence-corrected chi connectivity index (χ3v) is 5.37. The number of aliphatic imine (C=N–C) groups is 1. The Hall–Kier alpha value is -3.13. The molecule has 0 atom stereocenters. The van der Waals surface area contributed by atoms with Crippen LogP contribution in [-0.4, -0.2) is 47.5 Å². The number of carbonyl (C=O) groups is 2. The lowest BCUT2D eigenvalue weighted by Crippen LogP contribution is -2.32. The molecule has 6 nitrogen and oxygen atoms in total. The van der Waals surface area contributed by atoms with Crippen molar-refractivity contribution in [3.8, 4) is 0 Å². The molecule has 2 aliphatic heterocycles. The number of hydrogen-bond acceptors (Lipinski definition) is 5. The van der Waals surface area contributed by atoms with Crippen LogP contribution in [0.15, 0.2) is 65.3 Å². The summed E-state index contributed by atoms with van der Waals surface area (Å²) in [4.78, 5) is 32.2. The molecule has 0 bridgehead atoms. The topological polar surface area (TPSA) is 62.2 Å². The number of ether oxygens (including phenoxy) is 1. The van der Waals surface area contributed by atoms with Gasteiger partial charge in [0.1, 0.15) is 18.1 Å². The van der Waals surface area contributed by atoms with Crippen molar-refractivity contribution < 1.29 is 18.7 Å². The zero-order valence-electron chi connectivity index (χ0n) is 15.5. The smallest absolute Gasteiger partial charge is 0.409 e. The quantitative estimate of drug-likeness (QED) is 0.703. The van der Waals surface area contributed by atoms with E-state index in [0.29, 0.717) is 42.0 Å². The Labute approximate surface area is 171 Å². The maximum Gasteiger partial charge on any atom is 0.409 e. The van der Waals surface area contributed by atoms with E-state index in [-0.39, 0.29) is 17.8 Å². The van der Waals surface area contributed by atoms with Crippen LogP contribution in [0.3, 0.4) is 0 Å². The third-order valence-electron chi connectivity index (χ3n) is 4.45. The maximum absolute atomic E-state index is 13.3. The summed E-state index contributed by atoms with van der Waals surface area (Å²) in [6.07, 6.45) is 1.40. The Morgan fingerprint density at radius 2 is 1.86 bits per heavy atom. The van der Waals surface area contributed by atoms with E-state index < -0.39 is 0 Å². The molecule has 1 fully saturated rings. The van der Waals surface area contributed by atoms with Gasteiger partial charge in [-0.15, -0.1) is 0 Å². The van der Waals surface area contributed by atoms with Gasteiger partial charge in [0, 0.05) is 12.3 Å². The summed E-state index contributed by atoms with van der Waals surface area (Å²) in [7, 11) is 0. The molecular weight excluding hydrogens is 393 g/mol. The van der Waals surface area contributed by atoms with Crippen LogP contribution in [-0.2, 0) is 9.53 Å². The minimum atomic E-state index is -0.376. The van der Waals surface area contributed by atoms with Crippen molar-refractivity contribution in [2.45, 2.75) is 0 Å². The van der Waals surface area contributed by atoms with E-state index >= 15 is 0 Å². The Kier molecular flexibility index (Phi) is 5.62. The molecule has 2 aromatic carbocycles. The minimum absolute atomic E-state index is 0.274. The highest BCUT2D eigenvalue weighted by Crippen LogP contribution is 2.29. The third kappa shape index (κ3) is 4.32. The molecule has 148 valence electrons. The maximum atomic E-state index is 13.3. The second-order valence-electron chi connectivity index (χ2n) is 6.40. The summed E-state index contributed by atoms with van der Waals surface area (Å²) >= 11 is 1.37. The Balaban J connectivity index is 1.57. The molecule has 0 aliphatic carbocycles. The monoisotopic (exact) mass is 411 g/mol. The van der Waals surface area contributed by atoms with Crippen molar-refractivity contribution in [3.05, 3.63) is 71.7 Å². The van der Waals surface area contributed by atoms with Gasteiger partial charge in [0.05, 0.1) is 12.2 Å². The predicted octanol–water partition coefficient (Wildman–Crippen LogP) is 3.75. The van der Waals surface area contributed by atoms with Gasteiger partial charge in [-0.1, -0.05) is 42.1 Å². The molecule has 4 rings (SSSR count). The molecule has 2 heterocycles. The van der Waals surface area contributed by atoms with E-state index in [4.69, 9.17) is 4.74 Å². The van der Waals surface area contributed by atoms with Crippen molar-refractivity contribution >= 4 is 40.7 Å². The molecule has 2 aliphatic rings. The molecule has 0 saturated carbocycles. The number of hydrogen-bond donors (Lipinski definition) is 0. The first-order chi connectivity index (χ1) is 14.1. The van der Waals surface area contributed by atoms with Crippen LogP contribution in [0.5, 0.6) is 0 Å². The van der Waals surface area contributed by atoms with Crippen LogP contribution in [0, 0.1) is 5.82 Å². The molecule has 0 unspecified atom stereocenters. The van der Waals surface area contributed by atoms with Crippen LogP contribution < -0.4 is 4.90 Å². The van der Waals surface area contributed by atoms with E-state index in [1.165, 1.54) is 28.8 Å². The van der Waals surface area contributed by atoms with E-state index in [9.17, 15) is 14.0 Å². The molecule has 2 aromatic rings. The van der Waals surface area contributed by atoms with Crippen molar-refractivity contribution in [2.75, 3.05) is 30.3 Å². The van der Waals surface area contributed by atoms with Crippen molar-refractivity contribution in [2.24, 2.45) is 4.99 Å². The highest BCUT2D eigenvalue weighted by Gasteiger charge is 2.32. The van der Waals surface area contributed by atoms with E-state index in [2.05, 4.69) is 4.99 Å². The van der Waals surface area contributed by atoms with Gasteiger partial charge in [-0.25, -0.2) is 14.2 Å². The van der Waals surface area contributed by atoms with Gasteiger partial charge >= 0.3 is 6.09 Å². The lowest BCUT2D eigenvalue weighted by atomic mass is 10.2. The summed E-state index contributed by atoms with van der Waals surface area (Å²) in [6.45, 7) is 1.45. The fourth-order valence-electron chi connectivity index (χ4n) is 2.99. The fraction of sp³-hybridized carbons (Fsp3) is 0.190. The van der Waals surface area contributed by atoms with E-state index in [0.717, 1.165) is 5.56 Å². The first-order valence-electron chi connectivity index (χ1n) is 9.12. The lowest BCUT2D eigenvalue weighted by Gasteiger charge is -2.18. The van der Waals surface area contributed by atoms with Crippen molar-refractivity contribution in [1.29, 1.82) is 0 Å². The molecular formula is C21H18FN3O3S. The van der Waals surface area contributed by atoms with Gasteiger partial charge in [0.25, 0.3) is 5.91 Å². The fourth-order valence-corrected chi connectivity index (χ4v) is 3.97. The van der Waals surface area contributed by atoms with Crippen molar-refractivity contribution in [1.82, 2.24) is 4.90 Å². The van der Waals surface area contributed by atoms with Gasteiger partial charge in [0.2, 0.25) is 0 Å². The predicted molar refractivity (Wildman–Crippen MR) is 111 cm³/mol. The Morgan fingerprint density at radius 3 is 2.55 bits per heavy atom. The number of amides is 2. The largest absolute Gasteiger partial charge is 0.448 e. The zero-order chi connectivity index (χ0) is 20.2. The number of amidine groups is 1. The van der Waals surface area contributed by atoms with Gasteiger partial charge in [-0.05, 0) is 35.9 Å².